The number of nitrogens with zero attached hydrogens (tertiary/aromatic N) is 2. The maximum Gasteiger partial charge on any atom is 0.338 e. The molecule has 0 amide bonds. The Hall–Kier alpha value is -2.01. The Kier molecular flexibility index (Phi) is 4.41. The normalized spacial score (nSPS) is 10.4. The van der Waals surface area contributed by atoms with Crippen molar-refractivity contribution in [3.05, 3.63) is 47.5 Å². The third kappa shape index (κ3) is 3.72. The Morgan fingerprint density at radius 1 is 1.47 bits per heavy atom. The smallest absolute Gasteiger partial charge is 0.338 e. The summed E-state index contributed by atoms with van der Waals surface area (Å²) in [6.45, 7) is 1.11. The molecule has 0 fully saturated rings. The predicted molar refractivity (Wildman–Crippen MR) is 73.0 cm³/mol. The number of esters is 1. The number of carbonyl (C=O) groups is 1. The van der Waals surface area contributed by atoms with Crippen LogP contribution in [0.25, 0.3) is 0 Å². The minimum Gasteiger partial charge on any atom is -0.462 e. The van der Waals surface area contributed by atoms with Crippen LogP contribution in [0.4, 0.5) is 5.69 Å². The molecular weight excluding hydrogens is 266 g/mol. The average Bonchev–Trinajstić information content (AvgIpc) is 2.91. The van der Waals surface area contributed by atoms with E-state index in [0.717, 1.165) is 13.0 Å². The predicted octanol–water partition coefficient (Wildman–Crippen LogP) is 2.37. The van der Waals surface area contributed by atoms with Gasteiger partial charge in [-0.05, 0) is 24.6 Å². The molecule has 19 heavy (non-hydrogen) atoms. The fourth-order valence-corrected chi connectivity index (χ4v) is 1.75. The molecule has 0 aliphatic rings. The van der Waals surface area contributed by atoms with E-state index in [9.17, 15) is 4.79 Å². The molecule has 5 nitrogen and oxygen atoms in total. The fourth-order valence-electron chi connectivity index (χ4n) is 1.57. The monoisotopic (exact) mass is 279 g/mol. The zero-order valence-corrected chi connectivity index (χ0v) is 11.0. The van der Waals surface area contributed by atoms with Crippen LogP contribution in [0.15, 0.2) is 36.9 Å². The van der Waals surface area contributed by atoms with Gasteiger partial charge in [0.05, 0.1) is 29.2 Å². The standard InChI is InChI=1S/C13H14ClN3O2/c14-11-8-10(2-3-12(11)15)13(18)19-7-1-5-17-6-4-16-9-17/h2-4,6,8-9H,1,5,7,15H2. The van der Waals surface area contributed by atoms with Gasteiger partial charge in [-0.15, -0.1) is 0 Å². The van der Waals surface area contributed by atoms with E-state index in [1.807, 2.05) is 10.8 Å². The molecule has 0 spiro atoms. The Bertz CT molecular complexity index is 555. The van der Waals surface area contributed by atoms with E-state index in [-0.39, 0.29) is 0 Å². The van der Waals surface area contributed by atoms with Crippen molar-refractivity contribution in [3.63, 3.8) is 0 Å². The lowest BCUT2D eigenvalue weighted by atomic mass is 10.2. The second kappa shape index (κ2) is 6.24. The minimum atomic E-state index is -0.396. The summed E-state index contributed by atoms with van der Waals surface area (Å²) in [5, 5.41) is 0.355. The number of hydrogen-bond donors (Lipinski definition) is 1. The van der Waals surface area contributed by atoms with Gasteiger partial charge in [0.25, 0.3) is 0 Å². The molecule has 0 aliphatic carbocycles. The van der Waals surface area contributed by atoms with Gasteiger partial charge in [0.2, 0.25) is 0 Å². The van der Waals surface area contributed by atoms with E-state index in [1.54, 1.807) is 24.7 Å². The first-order chi connectivity index (χ1) is 9.16. The number of aromatic nitrogens is 2. The van der Waals surface area contributed by atoms with Crippen molar-refractivity contribution in [1.82, 2.24) is 9.55 Å². The van der Waals surface area contributed by atoms with Crippen molar-refractivity contribution in [2.45, 2.75) is 13.0 Å². The topological polar surface area (TPSA) is 70.1 Å². The highest BCUT2D eigenvalue weighted by molar-refractivity contribution is 6.33. The van der Waals surface area contributed by atoms with E-state index in [1.165, 1.54) is 6.07 Å². The molecular formula is C13H14ClN3O2. The number of imidazole rings is 1. The Labute approximate surface area is 116 Å². The highest BCUT2D eigenvalue weighted by Gasteiger charge is 2.08. The molecule has 2 aromatic rings. The van der Waals surface area contributed by atoms with Crippen LogP contribution in [0.3, 0.4) is 0 Å². The van der Waals surface area contributed by atoms with Gasteiger partial charge in [0.1, 0.15) is 0 Å². The number of benzene rings is 1. The van der Waals surface area contributed by atoms with Crippen LogP contribution < -0.4 is 5.73 Å². The molecule has 1 aromatic heterocycles. The fraction of sp³-hybridized carbons (Fsp3) is 0.231. The number of hydrogen-bond acceptors (Lipinski definition) is 4. The summed E-state index contributed by atoms with van der Waals surface area (Å²) in [5.74, 6) is -0.396. The molecule has 6 heteroatoms. The zero-order chi connectivity index (χ0) is 13.7. The van der Waals surface area contributed by atoms with Crippen LogP contribution in [0.1, 0.15) is 16.8 Å². The Morgan fingerprint density at radius 3 is 3.00 bits per heavy atom. The molecule has 0 radical (unpaired) electrons. The first kappa shape index (κ1) is 13.4. The second-order valence-corrected chi connectivity index (χ2v) is 4.43. The van der Waals surface area contributed by atoms with Crippen LogP contribution in [-0.4, -0.2) is 22.1 Å². The Balaban J connectivity index is 1.79. The van der Waals surface area contributed by atoms with Crippen LogP contribution in [0.2, 0.25) is 5.02 Å². The van der Waals surface area contributed by atoms with Crippen LogP contribution in [-0.2, 0) is 11.3 Å². The van der Waals surface area contributed by atoms with Gasteiger partial charge >= 0.3 is 5.97 Å². The largest absolute Gasteiger partial charge is 0.462 e. The summed E-state index contributed by atoms with van der Waals surface area (Å²) in [6.07, 6.45) is 6.02. The van der Waals surface area contributed by atoms with Crippen molar-refractivity contribution in [3.8, 4) is 0 Å². The van der Waals surface area contributed by atoms with Crippen LogP contribution in [0.5, 0.6) is 0 Å². The summed E-state index contributed by atoms with van der Waals surface area (Å²) in [6, 6.07) is 4.69. The van der Waals surface area contributed by atoms with E-state index in [0.29, 0.717) is 22.9 Å². The van der Waals surface area contributed by atoms with Gasteiger partial charge in [0, 0.05) is 18.9 Å². The molecule has 0 saturated carbocycles. The summed E-state index contributed by atoms with van der Waals surface area (Å²) in [7, 11) is 0. The molecule has 100 valence electrons. The molecule has 1 aromatic carbocycles. The molecule has 0 unspecified atom stereocenters. The van der Waals surface area contributed by atoms with Crippen molar-refractivity contribution in [1.29, 1.82) is 0 Å². The number of rotatable bonds is 5. The minimum absolute atomic E-state index is 0.346. The number of nitrogens with two attached hydrogens (primary N) is 1. The third-order valence-corrected chi connectivity index (χ3v) is 2.92. The quantitative estimate of drug-likeness (QED) is 0.518. The first-order valence-corrected chi connectivity index (χ1v) is 6.22. The second-order valence-electron chi connectivity index (χ2n) is 4.03. The lowest BCUT2D eigenvalue weighted by Crippen LogP contribution is -2.08. The molecule has 2 N–H and O–H groups in total. The van der Waals surface area contributed by atoms with Crippen LogP contribution in [0, 0.1) is 0 Å². The zero-order valence-electron chi connectivity index (χ0n) is 10.3. The maximum absolute atomic E-state index is 11.7. The number of halogens is 1. The summed E-state index contributed by atoms with van der Waals surface area (Å²) >= 11 is 5.84. The lowest BCUT2D eigenvalue weighted by molar-refractivity contribution is 0.0496. The molecule has 0 atom stereocenters. The number of nitrogen functional groups attached to an aromatic ring is 1. The van der Waals surface area contributed by atoms with Crippen molar-refractivity contribution < 1.29 is 9.53 Å². The summed E-state index contributed by atoms with van der Waals surface area (Å²) in [4.78, 5) is 15.7. The highest BCUT2D eigenvalue weighted by Crippen LogP contribution is 2.20. The van der Waals surface area contributed by atoms with E-state index < -0.39 is 5.97 Å². The molecule has 0 bridgehead atoms. The molecule has 0 aliphatic heterocycles. The highest BCUT2D eigenvalue weighted by atomic mass is 35.5. The number of anilines is 1. The van der Waals surface area contributed by atoms with E-state index in [4.69, 9.17) is 22.1 Å². The van der Waals surface area contributed by atoms with E-state index in [2.05, 4.69) is 4.98 Å². The van der Waals surface area contributed by atoms with Gasteiger partial charge in [0.15, 0.2) is 0 Å². The van der Waals surface area contributed by atoms with Gasteiger partial charge < -0.3 is 15.0 Å². The SMILES string of the molecule is Nc1ccc(C(=O)OCCCn2ccnc2)cc1Cl. The summed E-state index contributed by atoms with van der Waals surface area (Å²) in [5.41, 5.74) is 6.42. The first-order valence-electron chi connectivity index (χ1n) is 5.84. The van der Waals surface area contributed by atoms with E-state index >= 15 is 0 Å². The van der Waals surface area contributed by atoms with Gasteiger partial charge in [-0.1, -0.05) is 11.6 Å². The third-order valence-electron chi connectivity index (χ3n) is 2.59. The van der Waals surface area contributed by atoms with Gasteiger partial charge in [-0.25, -0.2) is 9.78 Å². The van der Waals surface area contributed by atoms with Crippen molar-refractivity contribution in [2.24, 2.45) is 0 Å². The maximum atomic E-state index is 11.7. The number of ether oxygens (including phenoxy) is 1. The molecule has 0 saturated heterocycles. The summed E-state index contributed by atoms with van der Waals surface area (Å²) < 4.78 is 7.07. The number of aryl methyl sites for hydroxylation is 1. The van der Waals surface area contributed by atoms with Gasteiger partial charge in [-0.2, -0.15) is 0 Å². The average molecular weight is 280 g/mol. The lowest BCUT2D eigenvalue weighted by Gasteiger charge is -2.06. The number of carbonyl (C=O) groups excluding carboxylic acids is 1. The van der Waals surface area contributed by atoms with Crippen LogP contribution >= 0.6 is 11.6 Å². The Morgan fingerprint density at radius 2 is 2.32 bits per heavy atom. The van der Waals surface area contributed by atoms with Crippen molar-refractivity contribution >= 4 is 23.3 Å². The van der Waals surface area contributed by atoms with Gasteiger partial charge in [-0.3, -0.25) is 0 Å². The van der Waals surface area contributed by atoms with Crippen molar-refractivity contribution in [2.75, 3.05) is 12.3 Å². The molecule has 1 heterocycles. The molecule has 2 rings (SSSR count).